The molecule has 4 rings (SSSR count). The van der Waals surface area contributed by atoms with Crippen LogP contribution in [0.5, 0.6) is 11.5 Å². The molecule has 0 aliphatic rings. The number of anilines is 1. The average molecular weight is 506 g/mol. The number of aryl methyl sites for hydroxylation is 1. The topological polar surface area (TPSA) is 92.7 Å². The molecule has 0 spiro atoms. The molecule has 0 heterocycles. The summed E-state index contributed by atoms with van der Waals surface area (Å²) in [7, 11) is -3.92. The number of thioether (sulfide) groups is 1. The Bertz CT molecular complexity index is 1440. The van der Waals surface area contributed by atoms with Crippen LogP contribution in [-0.2, 0) is 15.8 Å². The van der Waals surface area contributed by atoms with E-state index in [1.165, 1.54) is 18.2 Å². The van der Waals surface area contributed by atoms with Gasteiger partial charge in [-0.05, 0) is 78.7 Å². The van der Waals surface area contributed by atoms with Crippen LogP contribution < -0.4 is 9.46 Å². The summed E-state index contributed by atoms with van der Waals surface area (Å²) in [4.78, 5) is 12.2. The highest BCUT2D eigenvalue weighted by molar-refractivity contribution is 7.98. The quantitative estimate of drug-likeness (QED) is 0.250. The summed E-state index contributed by atoms with van der Waals surface area (Å²) in [6.45, 7) is 1.62. The van der Waals surface area contributed by atoms with Crippen LogP contribution in [-0.4, -0.2) is 19.5 Å². The first kappa shape index (κ1) is 24.4. The first-order valence-electron chi connectivity index (χ1n) is 10.7. The van der Waals surface area contributed by atoms with Crippen molar-refractivity contribution in [2.75, 3.05) is 4.72 Å². The van der Waals surface area contributed by atoms with Crippen LogP contribution in [0.3, 0.4) is 0 Å². The molecule has 4 aromatic rings. The van der Waals surface area contributed by atoms with Crippen LogP contribution in [0.4, 0.5) is 5.69 Å². The maximum Gasteiger partial charge on any atom is 0.335 e. The third-order valence-corrected chi connectivity index (χ3v) is 7.60. The number of carboxylic acid groups (broad SMARTS) is 1. The zero-order valence-corrected chi connectivity index (χ0v) is 20.5. The lowest BCUT2D eigenvalue weighted by Gasteiger charge is -2.11. The standard InChI is InChI=1S/C27H23NO5S2/c1-19-10-15-25(17-26(19)27(29)30)35(31,32)28-21-11-13-24(14-12-21)34-18-20-6-5-9-23(16-20)33-22-7-3-2-4-8-22/h2-17,28H,18H2,1H3,(H,29,30). The zero-order valence-electron chi connectivity index (χ0n) is 18.8. The van der Waals surface area contributed by atoms with E-state index in [1.807, 2.05) is 66.7 Å². The van der Waals surface area contributed by atoms with Gasteiger partial charge in [-0.15, -0.1) is 11.8 Å². The SMILES string of the molecule is Cc1ccc(S(=O)(=O)Nc2ccc(SCc3cccc(Oc4ccccc4)c3)cc2)cc1C(=O)O. The molecular formula is C27H23NO5S2. The van der Waals surface area contributed by atoms with Crippen molar-refractivity contribution < 1.29 is 23.1 Å². The number of carboxylic acids is 1. The van der Waals surface area contributed by atoms with Crippen LogP contribution in [0.1, 0.15) is 21.5 Å². The number of carbonyl (C=O) groups is 1. The van der Waals surface area contributed by atoms with Gasteiger partial charge in [0.25, 0.3) is 10.0 Å². The maximum atomic E-state index is 12.7. The van der Waals surface area contributed by atoms with Gasteiger partial charge in [0, 0.05) is 16.3 Å². The normalized spacial score (nSPS) is 11.1. The Hall–Kier alpha value is -3.75. The minimum absolute atomic E-state index is 0.0436. The molecule has 2 N–H and O–H groups in total. The fourth-order valence-electron chi connectivity index (χ4n) is 3.32. The summed E-state index contributed by atoms with van der Waals surface area (Å²) in [5, 5.41) is 9.27. The molecule has 8 heteroatoms. The van der Waals surface area contributed by atoms with Crippen molar-refractivity contribution in [3.8, 4) is 11.5 Å². The van der Waals surface area contributed by atoms with E-state index in [2.05, 4.69) is 4.72 Å². The number of nitrogens with one attached hydrogen (secondary N) is 1. The van der Waals surface area contributed by atoms with E-state index < -0.39 is 16.0 Å². The Kier molecular flexibility index (Phi) is 7.43. The summed E-state index contributed by atoms with van der Waals surface area (Å²) in [6, 6.07) is 28.6. The summed E-state index contributed by atoms with van der Waals surface area (Å²) in [6.07, 6.45) is 0. The first-order valence-corrected chi connectivity index (χ1v) is 13.2. The van der Waals surface area contributed by atoms with Gasteiger partial charge < -0.3 is 9.84 Å². The summed E-state index contributed by atoms with van der Waals surface area (Å²) in [5.41, 5.74) is 1.94. The third-order valence-electron chi connectivity index (χ3n) is 5.14. The van der Waals surface area contributed by atoms with Crippen LogP contribution >= 0.6 is 11.8 Å². The minimum atomic E-state index is -3.92. The number of rotatable bonds is 9. The summed E-state index contributed by atoms with van der Waals surface area (Å²) >= 11 is 1.62. The van der Waals surface area contributed by atoms with Crippen molar-refractivity contribution in [2.45, 2.75) is 22.5 Å². The van der Waals surface area contributed by atoms with E-state index in [0.717, 1.165) is 27.7 Å². The van der Waals surface area contributed by atoms with Crippen molar-refractivity contribution in [1.82, 2.24) is 0 Å². The number of sulfonamides is 1. The highest BCUT2D eigenvalue weighted by Crippen LogP contribution is 2.28. The Morgan fingerprint density at radius 1 is 0.886 bits per heavy atom. The molecule has 0 aromatic heterocycles. The molecular weight excluding hydrogens is 482 g/mol. The molecule has 178 valence electrons. The van der Waals surface area contributed by atoms with Crippen LogP contribution in [0, 0.1) is 6.92 Å². The second kappa shape index (κ2) is 10.7. The molecule has 0 aliphatic heterocycles. The summed E-state index contributed by atoms with van der Waals surface area (Å²) in [5.74, 6) is 1.10. The van der Waals surface area contributed by atoms with Gasteiger partial charge >= 0.3 is 5.97 Å². The van der Waals surface area contributed by atoms with E-state index in [9.17, 15) is 18.3 Å². The van der Waals surface area contributed by atoms with Gasteiger partial charge in [0.2, 0.25) is 0 Å². The molecule has 0 aliphatic carbocycles. The monoisotopic (exact) mass is 505 g/mol. The highest BCUT2D eigenvalue weighted by Gasteiger charge is 2.18. The van der Waals surface area contributed by atoms with Crippen LogP contribution in [0.25, 0.3) is 0 Å². The molecule has 6 nitrogen and oxygen atoms in total. The number of benzene rings is 4. The average Bonchev–Trinajstić information content (AvgIpc) is 2.84. The molecule has 4 aromatic carbocycles. The smallest absolute Gasteiger partial charge is 0.335 e. The second-order valence-corrected chi connectivity index (χ2v) is 10.5. The largest absolute Gasteiger partial charge is 0.478 e. The molecule has 0 atom stereocenters. The molecule has 0 unspecified atom stereocenters. The van der Waals surface area contributed by atoms with Gasteiger partial charge in [0.05, 0.1) is 10.5 Å². The Labute approximate surface area is 208 Å². The van der Waals surface area contributed by atoms with Crippen LogP contribution in [0.15, 0.2) is 107 Å². The number of para-hydroxylation sites is 1. The predicted octanol–water partition coefficient (Wildman–Crippen LogP) is 6.58. The number of aromatic carboxylic acids is 1. The molecule has 0 fully saturated rings. The molecule has 0 saturated carbocycles. The van der Waals surface area contributed by atoms with Gasteiger partial charge in [-0.3, -0.25) is 4.72 Å². The van der Waals surface area contributed by atoms with Crippen molar-refractivity contribution in [3.05, 3.63) is 114 Å². The van der Waals surface area contributed by atoms with Gasteiger partial charge in [0.15, 0.2) is 0 Å². The van der Waals surface area contributed by atoms with E-state index in [0.29, 0.717) is 11.3 Å². The van der Waals surface area contributed by atoms with Crippen molar-refractivity contribution in [3.63, 3.8) is 0 Å². The molecule has 0 amide bonds. The fourth-order valence-corrected chi connectivity index (χ4v) is 5.25. The van der Waals surface area contributed by atoms with E-state index >= 15 is 0 Å². The number of hydrogen-bond donors (Lipinski definition) is 2. The van der Waals surface area contributed by atoms with Gasteiger partial charge in [-0.1, -0.05) is 36.4 Å². The lowest BCUT2D eigenvalue weighted by Crippen LogP contribution is -2.14. The molecule has 0 radical (unpaired) electrons. The predicted molar refractivity (Wildman–Crippen MR) is 138 cm³/mol. The molecule has 0 bridgehead atoms. The van der Waals surface area contributed by atoms with Crippen molar-refractivity contribution in [2.24, 2.45) is 0 Å². The van der Waals surface area contributed by atoms with Crippen molar-refractivity contribution in [1.29, 1.82) is 0 Å². The maximum absolute atomic E-state index is 12.7. The summed E-state index contributed by atoms with van der Waals surface area (Å²) < 4.78 is 33.8. The van der Waals surface area contributed by atoms with E-state index in [4.69, 9.17) is 4.74 Å². The molecule has 0 saturated heterocycles. The second-order valence-electron chi connectivity index (χ2n) is 7.76. The highest BCUT2D eigenvalue weighted by atomic mass is 32.2. The Morgan fingerprint density at radius 2 is 1.60 bits per heavy atom. The number of hydrogen-bond acceptors (Lipinski definition) is 5. The first-order chi connectivity index (χ1) is 16.8. The lowest BCUT2D eigenvalue weighted by molar-refractivity contribution is 0.0696. The Morgan fingerprint density at radius 3 is 2.31 bits per heavy atom. The molecule has 35 heavy (non-hydrogen) atoms. The Balaban J connectivity index is 1.39. The van der Waals surface area contributed by atoms with Gasteiger partial charge in [-0.2, -0.15) is 0 Å². The minimum Gasteiger partial charge on any atom is -0.478 e. The van der Waals surface area contributed by atoms with E-state index in [1.54, 1.807) is 30.8 Å². The van der Waals surface area contributed by atoms with Crippen LogP contribution in [0.2, 0.25) is 0 Å². The lowest BCUT2D eigenvalue weighted by atomic mass is 10.1. The van der Waals surface area contributed by atoms with Gasteiger partial charge in [-0.25, -0.2) is 13.2 Å². The van der Waals surface area contributed by atoms with Gasteiger partial charge in [0.1, 0.15) is 11.5 Å². The fraction of sp³-hybridized carbons (Fsp3) is 0.0741. The van der Waals surface area contributed by atoms with Crippen molar-refractivity contribution >= 4 is 33.4 Å². The number of ether oxygens (including phenoxy) is 1. The van der Waals surface area contributed by atoms with E-state index in [-0.39, 0.29) is 10.5 Å². The third kappa shape index (κ3) is 6.44. The zero-order chi connectivity index (χ0) is 24.8.